The molecular formula is C13H14F2N2O4. The van der Waals surface area contributed by atoms with Crippen LogP contribution in [0, 0.1) is 0 Å². The number of nitrogens with one attached hydrogen (secondary N) is 1. The molecule has 1 saturated heterocycles. The Morgan fingerprint density at radius 3 is 2.76 bits per heavy atom. The molecule has 1 aromatic rings. The van der Waals surface area contributed by atoms with Gasteiger partial charge in [-0.05, 0) is 12.1 Å². The number of para-hydroxylation sites is 1. The Labute approximate surface area is 119 Å². The van der Waals surface area contributed by atoms with Gasteiger partial charge in [0.1, 0.15) is 11.8 Å². The van der Waals surface area contributed by atoms with E-state index in [1.165, 1.54) is 24.3 Å². The summed E-state index contributed by atoms with van der Waals surface area (Å²) in [6.07, 6.45) is 0. The molecule has 1 atom stereocenters. The van der Waals surface area contributed by atoms with E-state index in [-0.39, 0.29) is 24.4 Å². The van der Waals surface area contributed by atoms with Gasteiger partial charge in [0.15, 0.2) is 0 Å². The van der Waals surface area contributed by atoms with Crippen molar-refractivity contribution in [1.29, 1.82) is 0 Å². The van der Waals surface area contributed by atoms with Crippen molar-refractivity contribution >= 4 is 11.9 Å². The zero-order valence-electron chi connectivity index (χ0n) is 11.0. The van der Waals surface area contributed by atoms with Crippen LogP contribution in [0.4, 0.5) is 8.78 Å². The number of ether oxygens (including phenoxy) is 1. The molecule has 1 fully saturated rings. The van der Waals surface area contributed by atoms with Gasteiger partial charge < -0.3 is 20.1 Å². The second kappa shape index (κ2) is 6.49. The topological polar surface area (TPSA) is 78.9 Å². The third-order valence-corrected chi connectivity index (χ3v) is 3.12. The van der Waals surface area contributed by atoms with Crippen molar-refractivity contribution in [3.8, 4) is 5.75 Å². The molecular weight excluding hydrogens is 286 g/mol. The molecule has 0 aromatic heterocycles. The van der Waals surface area contributed by atoms with E-state index < -0.39 is 24.5 Å². The largest absolute Gasteiger partial charge is 0.480 e. The number of carboxylic acid groups (broad SMARTS) is 1. The van der Waals surface area contributed by atoms with E-state index in [9.17, 15) is 18.4 Å². The lowest BCUT2D eigenvalue weighted by Gasteiger charge is -2.33. The van der Waals surface area contributed by atoms with Crippen LogP contribution >= 0.6 is 0 Å². The van der Waals surface area contributed by atoms with E-state index in [0.29, 0.717) is 6.54 Å². The smallest absolute Gasteiger partial charge is 0.387 e. The molecule has 21 heavy (non-hydrogen) atoms. The van der Waals surface area contributed by atoms with E-state index in [2.05, 4.69) is 10.1 Å². The van der Waals surface area contributed by atoms with Crippen LogP contribution in [0.5, 0.6) is 5.75 Å². The number of benzene rings is 1. The third kappa shape index (κ3) is 3.46. The highest BCUT2D eigenvalue weighted by Crippen LogP contribution is 2.23. The molecule has 0 spiro atoms. The molecule has 0 bridgehead atoms. The summed E-state index contributed by atoms with van der Waals surface area (Å²) in [5.41, 5.74) is -0.0778. The Hall–Kier alpha value is -2.22. The summed E-state index contributed by atoms with van der Waals surface area (Å²) < 4.78 is 29.0. The quantitative estimate of drug-likeness (QED) is 0.859. The fourth-order valence-electron chi connectivity index (χ4n) is 2.16. The number of carbonyl (C=O) groups is 2. The highest BCUT2D eigenvalue weighted by molar-refractivity contribution is 5.99. The molecule has 2 N–H and O–H groups in total. The van der Waals surface area contributed by atoms with Crippen LogP contribution in [0.3, 0.4) is 0 Å². The van der Waals surface area contributed by atoms with Crippen LogP contribution in [-0.4, -0.2) is 54.2 Å². The molecule has 2 rings (SSSR count). The van der Waals surface area contributed by atoms with Gasteiger partial charge in [-0.1, -0.05) is 12.1 Å². The fraction of sp³-hybridized carbons (Fsp3) is 0.385. The molecule has 1 amide bonds. The summed E-state index contributed by atoms with van der Waals surface area (Å²) in [7, 11) is 0. The number of aliphatic carboxylic acids is 1. The van der Waals surface area contributed by atoms with Crippen LogP contribution in [-0.2, 0) is 4.79 Å². The summed E-state index contributed by atoms with van der Waals surface area (Å²) in [4.78, 5) is 24.8. The highest BCUT2D eigenvalue weighted by atomic mass is 19.3. The van der Waals surface area contributed by atoms with Gasteiger partial charge >= 0.3 is 12.6 Å². The number of rotatable bonds is 4. The van der Waals surface area contributed by atoms with Gasteiger partial charge in [0.25, 0.3) is 5.91 Å². The number of piperazine rings is 1. The van der Waals surface area contributed by atoms with E-state index in [1.54, 1.807) is 0 Å². The maximum Gasteiger partial charge on any atom is 0.387 e. The first kappa shape index (κ1) is 15.2. The number of amides is 1. The predicted octanol–water partition coefficient (Wildman–Crippen LogP) is 0.787. The van der Waals surface area contributed by atoms with Crippen LogP contribution in [0.15, 0.2) is 24.3 Å². The molecule has 0 aliphatic carbocycles. The zero-order chi connectivity index (χ0) is 15.4. The number of carbonyl (C=O) groups excluding carboxylic acids is 1. The molecule has 1 aliphatic heterocycles. The van der Waals surface area contributed by atoms with Gasteiger partial charge in [-0.25, -0.2) is 4.79 Å². The minimum atomic E-state index is -3.06. The number of carboxylic acids is 1. The van der Waals surface area contributed by atoms with Crippen molar-refractivity contribution in [1.82, 2.24) is 10.2 Å². The monoisotopic (exact) mass is 300 g/mol. The Balaban J connectivity index is 2.28. The lowest BCUT2D eigenvalue weighted by Crippen LogP contribution is -2.57. The van der Waals surface area contributed by atoms with Crippen LogP contribution < -0.4 is 10.1 Å². The first-order chi connectivity index (χ1) is 10.0. The number of hydrogen-bond donors (Lipinski definition) is 2. The Kier molecular flexibility index (Phi) is 4.69. The summed E-state index contributed by atoms with van der Waals surface area (Å²) in [6.45, 7) is -2.33. The average Bonchev–Trinajstić information content (AvgIpc) is 2.46. The third-order valence-electron chi connectivity index (χ3n) is 3.12. The summed E-state index contributed by atoms with van der Waals surface area (Å²) >= 11 is 0. The van der Waals surface area contributed by atoms with Gasteiger partial charge in [-0.2, -0.15) is 8.78 Å². The normalized spacial score (nSPS) is 18.6. The van der Waals surface area contributed by atoms with Gasteiger partial charge in [0, 0.05) is 19.6 Å². The van der Waals surface area contributed by atoms with Crippen molar-refractivity contribution in [3.63, 3.8) is 0 Å². The number of hydrogen-bond acceptors (Lipinski definition) is 4. The van der Waals surface area contributed by atoms with Crippen LogP contribution in [0.25, 0.3) is 0 Å². The summed E-state index contributed by atoms with van der Waals surface area (Å²) in [5.74, 6) is -2.05. The van der Waals surface area contributed by atoms with Gasteiger partial charge in [0.05, 0.1) is 5.56 Å². The SMILES string of the molecule is O=C(O)C1CNCCN1C(=O)c1ccccc1OC(F)F. The van der Waals surface area contributed by atoms with Crippen molar-refractivity contribution in [2.24, 2.45) is 0 Å². The molecule has 1 aromatic carbocycles. The standard InChI is InChI=1S/C13H14F2N2O4/c14-13(15)21-10-4-2-1-3-8(10)11(18)17-6-5-16-7-9(17)12(19)20/h1-4,9,13,16H,5-7H2,(H,19,20). The van der Waals surface area contributed by atoms with E-state index in [1.807, 2.05) is 0 Å². The number of alkyl halides is 2. The Bertz CT molecular complexity index is 539. The zero-order valence-corrected chi connectivity index (χ0v) is 11.0. The second-order valence-electron chi connectivity index (χ2n) is 4.43. The highest BCUT2D eigenvalue weighted by Gasteiger charge is 2.33. The van der Waals surface area contributed by atoms with Crippen molar-refractivity contribution in [2.75, 3.05) is 19.6 Å². The van der Waals surface area contributed by atoms with Gasteiger partial charge in [0.2, 0.25) is 0 Å². The van der Waals surface area contributed by atoms with Crippen molar-refractivity contribution < 1.29 is 28.2 Å². The summed E-state index contributed by atoms with van der Waals surface area (Å²) in [6, 6.07) is 4.51. The van der Waals surface area contributed by atoms with E-state index in [4.69, 9.17) is 5.11 Å². The molecule has 6 nitrogen and oxygen atoms in total. The molecule has 114 valence electrons. The molecule has 0 radical (unpaired) electrons. The lowest BCUT2D eigenvalue weighted by molar-refractivity contribution is -0.142. The molecule has 8 heteroatoms. The van der Waals surface area contributed by atoms with Crippen molar-refractivity contribution in [2.45, 2.75) is 12.7 Å². The lowest BCUT2D eigenvalue weighted by atomic mass is 10.1. The molecule has 0 saturated carbocycles. The van der Waals surface area contributed by atoms with Crippen LogP contribution in [0.2, 0.25) is 0 Å². The predicted molar refractivity (Wildman–Crippen MR) is 68.4 cm³/mol. The second-order valence-corrected chi connectivity index (χ2v) is 4.43. The Morgan fingerprint density at radius 2 is 2.10 bits per heavy atom. The summed E-state index contributed by atoms with van der Waals surface area (Å²) in [5, 5.41) is 12.0. The first-order valence-electron chi connectivity index (χ1n) is 6.29. The number of halogens is 2. The maximum atomic E-state index is 12.4. The first-order valence-corrected chi connectivity index (χ1v) is 6.29. The number of nitrogens with zero attached hydrogens (tertiary/aromatic N) is 1. The fourth-order valence-corrected chi connectivity index (χ4v) is 2.16. The molecule has 1 heterocycles. The minimum absolute atomic E-state index is 0.0778. The molecule has 1 unspecified atom stereocenters. The van der Waals surface area contributed by atoms with Crippen molar-refractivity contribution in [3.05, 3.63) is 29.8 Å². The van der Waals surface area contributed by atoms with Gasteiger partial charge in [-0.3, -0.25) is 4.79 Å². The average molecular weight is 300 g/mol. The minimum Gasteiger partial charge on any atom is -0.480 e. The van der Waals surface area contributed by atoms with Gasteiger partial charge in [-0.15, -0.1) is 0 Å². The molecule has 1 aliphatic rings. The van der Waals surface area contributed by atoms with E-state index in [0.717, 1.165) is 4.90 Å². The van der Waals surface area contributed by atoms with Crippen LogP contribution in [0.1, 0.15) is 10.4 Å². The Morgan fingerprint density at radius 1 is 1.38 bits per heavy atom. The van der Waals surface area contributed by atoms with E-state index >= 15 is 0 Å². The maximum absolute atomic E-state index is 12.4.